The number of rotatable bonds is 9. The van der Waals surface area contributed by atoms with Crippen molar-refractivity contribution in [3.63, 3.8) is 0 Å². The number of pyridine rings is 1. The number of aromatic nitrogens is 1. The van der Waals surface area contributed by atoms with Crippen LogP contribution in [0.3, 0.4) is 0 Å². The highest BCUT2D eigenvalue weighted by atomic mass is 32.2. The number of carbonyl (C=O) groups excluding carboxylic acids is 2. The highest BCUT2D eigenvalue weighted by Gasteiger charge is 2.34. The molecular weight excluding hydrogens is 526 g/mol. The Morgan fingerprint density at radius 1 is 1.10 bits per heavy atom. The number of furan rings is 1. The summed E-state index contributed by atoms with van der Waals surface area (Å²) in [5, 5.41) is 11.7. The maximum atomic E-state index is 13.4. The third-order valence-corrected chi connectivity index (χ3v) is 6.71. The molecule has 2 aromatic carbocycles. The Balaban J connectivity index is 1.33. The van der Waals surface area contributed by atoms with Crippen LogP contribution in [0.2, 0.25) is 0 Å². The third kappa shape index (κ3) is 6.91. The van der Waals surface area contributed by atoms with Crippen molar-refractivity contribution in [3.8, 4) is 5.75 Å². The Hall–Kier alpha value is -4.96. The third-order valence-electron chi connectivity index (χ3n) is 5.72. The molecule has 9 nitrogen and oxygen atoms in total. The predicted molar refractivity (Wildman–Crippen MR) is 156 cm³/mol. The van der Waals surface area contributed by atoms with Gasteiger partial charge in [-0.2, -0.15) is 5.10 Å². The molecule has 0 saturated carbocycles. The molecule has 200 valence electrons. The number of hydrogen-bond acceptors (Lipinski definition) is 8. The molecule has 1 fully saturated rings. The van der Waals surface area contributed by atoms with Crippen molar-refractivity contribution in [3.05, 3.63) is 119 Å². The summed E-state index contributed by atoms with van der Waals surface area (Å²) in [6.45, 7) is 2.00. The second kappa shape index (κ2) is 12.7. The van der Waals surface area contributed by atoms with E-state index in [1.54, 1.807) is 55.2 Å². The van der Waals surface area contributed by atoms with E-state index in [-0.39, 0.29) is 25.0 Å². The van der Waals surface area contributed by atoms with E-state index in [0.29, 0.717) is 32.8 Å². The zero-order valence-electron chi connectivity index (χ0n) is 21.6. The quantitative estimate of drug-likeness (QED) is 0.167. The fourth-order valence-electron chi connectivity index (χ4n) is 3.73. The molecule has 40 heavy (non-hydrogen) atoms. The second-order valence-corrected chi connectivity index (χ2v) is 9.74. The summed E-state index contributed by atoms with van der Waals surface area (Å²) in [5.74, 6) is 0.550. The Morgan fingerprint density at radius 2 is 1.95 bits per heavy atom. The number of ether oxygens (including phenoxy) is 1. The predicted octanol–water partition coefficient (Wildman–Crippen LogP) is 5.51. The lowest BCUT2D eigenvalue weighted by molar-refractivity contribution is -0.122. The molecule has 3 heterocycles. The van der Waals surface area contributed by atoms with Crippen LogP contribution in [-0.4, -0.2) is 39.7 Å². The maximum Gasteiger partial charge on any atom is 0.267 e. The molecule has 0 spiro atoms. The maximum absolute atomic E-state index is 13.4. The van der Waals surface area contributed by atoms with Crippen LogP contribution in [0.25, 0.3) is 6.08 Å². The number of thioether (sulfide) groups is 1. The van der Waals surface area contributed by atoms with Gasteiger partial charge >= 0.3 is 0 Å². The first-order valence-electron chi connectivity index (χ1n) is 12.4. The topological polar surface area (TPSA) is 109 Å². The number of nitrogens with one attached hydrogen (secondary N) is 1. The average Bonchev–Trinajstić information content (AvgIpc) is 3.59. The van der Waals surface area contributed by atoms with Crippen LogP contribution in [-0.2, 0) is 16.1 Å². The van der Waals surface area contributed by atoms with E-state index < -0.39 is 0 Å². The summed E-state index contributed by atoms with van der Waals surface area (Å²) in [4.78, 5) is 31.9. The van der Waals surface area contributed by atoms with Crippen molar-refractivity contribution in [2.75, 3.05) is 11.9 Å². The molecule has 1 aliphatic heterocycles. The van der Waals surface area contributed by atoms with Crippen LogP contribution in [0.1, 0.15) is 22.5 Å². The molecule has 1 aliphatic rings. The van der Waals surface area contributed by atoms with Gasteiger partial charge in [-0.1, -0.05) is 42.0 Å². The first-order chi connectivity index (χ1) is 19.5. The van der Waals surface area contributed by atoms with Crippen LogP contribution < -0.4 is 10.1 Å². The van der Waals surface area contributed by atoms with Gasteiger partial charge in [-0.3, -0.25) is 19.5 Å². The Labute approximate surface area is 235 Å². The molecule has 2 amide bonds. The number of anilines is 1. The van der Waals surface area contributed by atoms with Crippen molar-refractivity contribution in [2.45, 2.75) is 13.5 Å². The number of nitrogens with zero attached hydrogens (tertiary/aromatic N) is 4. The normalized spacial score (nSPS) is 15.3. The highest BCUT2D eigenvalue weighted by molar-refractivity contribution is 8.18. The van der Waals surface area contributed by atoms with E-state index in [1.165, 1.54) is 16.7 Å². The monoisotopic (exact) mass is 551 g/mol. The van der Waals surface area contributed by atoms with Gasteiger partial charge < -0.3 is 14.5 Å². The average molecular weight is 552 g/mol. The van der Waals surface area contributed by atoms with E-state index in [0.717, 1.165) is 11.1 Å². The minimum absolute atomic E-state index is 0.185. The van der Waals surface area contributed by atoms with Crippen LogP contribution in [0.4, 0.5) is 5.69 Å². The van der Waals surface area contributed by atoms with E-state index in [1.807, 2.05) is 55.5 Å². The summed E-state index contributed by atoms with van der Waals surface area (Å²) in [7, 11) is 0. The van der Waals surface area contributed by atoms with Crippen molar-refractivity contribution in [1.82, 2.24) is 9.88 Å². The molecule has 0 aliphatic carbocycles. The van der Waals surface area contributed by atoms with Crippen molar-refractivity contribution < 1.29 is 18.7 Å². The van der Waals surface area contributed by atoms with E-state index in [9.17, 15) is 9.59 Å². The standard InChI is InChI=1S/C30H25N5O4S/c1-21-10-12-24(13-11-21)33-28(36)20-39-26-9-3-2-7-23(26)16-27-29(37)35(19-25-8-5-15-38-25)30(40-27)34-32-18-22-6-4-14-31-17-22/h2-18H,19-20H2,1H3,(H,33,36)/b27-16-,32-18+,34-30-. The Morgan fingerprint density at radius 3 is 2.73 bits per heavy atom. The van der Waals surface area contributed by atoms with E-state index in [4.69, 9.17) is 9.15 Å². The molecule has 5 rings (SSSR count). The van der Waals surface area contributed by atoms with Gasteiger partial charge in [-0.05, 0) is 61.2 Å². The molecule has 1 saturated heterocycles. The minimum Gasteiger partial charge on any atom is -0.483 e. The number of carbonyl (C=O) groups is 2. The number of amidine groups is 1. The zero-order valence-corrected chi connectivity index (χ0v) is 22.4. The van der Waals surface area contributed by atoms with Crippen LogP contribution >= 0.6 is 11.8 Å². The molecule has 0 radical (unpaired) electrons. The van der Waals surface area contributed by atoms with Crippen LogP contribution in [0.15, 0.2) is 111 Å². The Bertz CT molecular complexity index is 1570. The molecule has 4 aromatic rings. The number of hydrogen-bond donors (Lipinski definition) is 1. The van der Waals surface area contributed by atoms with Gasteiger partial charge in [0.25, 0.3) is 11.8 Å². The Kier molecular flexibility index (Phi) is 8.47. The highest BCUT2D eigenvalue weighted by Crippen LogP contribution is 2.35. The van der Waals surface area contributed by atoms with Gasteiger partial charge in [-0.25, -0.2) is 0 Å². The van der Waals surface area contributed by atoms with Crippen molar-refractivity contribution in [2.24, 2.45) is 10.2 Å². The summed E-state index contributed by atoms with van der Waals surface area (Å²) < 4.78 is 11.3. The van der Waals surface area contributed by atoms with Gasteiger partial charge in [-0.15, -0.1) is 5.10 Å². The minimum atomic E-state index is -0.289. The lowest BCUT2D eigenvalue weighted by Crippen LogP contribution is -2.28. The lowest BCUT2D eigenvalue weighted by atomic mass is 10.2. The number of amides is 2. The number of benzene rings is 2. The molecule has 0 unspecified atom stereocenters. The van der Waals surface area contributed by atoms with Crippen LogP contribution in [0.5, 0.6) is 5.75 Å². The number of para-hydroxylation sites is 1. The van der Waals surface area contributed by atoms with Crippen molar-refractivity contribution >= 4 is 46.7 Å². The second-order valence-electron chi connectivity index (χ2n) is 8.74. The van der Waals surface area contributed by atoms with Gasteiger partial charge in [0, 0.05) is 29.2 Å². The molecule has 1 N–H and O–H groups in total. The molecule has 2 aromatic heterocycles. The summed E-state index contributed by atoms with van der Waals surface area (Å²) in [5.41, 5.74) is 3.23. The number of aryl methyl sites for hydroxylation is 1. The first kappa shape index (κ1) is 26.6. The van der Waals surface area contributed by atoms with Gasteiger partial charge in [0.2, 0.25) is 0 Å². The van der Waals surface area contributed by atoms with E-state index >= 15 is 0 Å². The first-order valence-corrected chi connectivity index (χ1v) is 13.2. The SMILES string of the molecule is Cc1ccc(NC(=O)COc2ccccc2/C=C2\S/C(=N\N=C\c3cccnc3)N(Cc3ccco3)C2=O)cc1. The largest absolute Gasteiger partial charge is 0.483 e. The van der Waals surface area contributed by atoms with Gasteiger partial charge in [0.1, 0.15) is 11.5 Å². The molecular formula is C30H25N5O4S. The van der Waals surface area contributed by atoms with Gasteiger partial charge in [0.05, 0.1) is 23.9 Å². The van der Waals surface area contributed by atoms with Crippen molar-refractivity contribution in [1.29, 1.82) is 0 Å². The fourth-order valence-corrected chi connectivity index (χ4v) is 4.65. The smallest absolute Gasteiger partial charge is 0.267 e. The summed E-state index contributed by atoms with van der Waals surface area (Å²) in [6, 6.07) is 21.9. The molecule has 10 heteroatoms. The molecule has 0 atom stereocenters. The zero-order chi connectivity index (χ0) is 27.7. The summed E-state index contributed by atoms with van der Waals surface area (Å²) in [6.07, 6.45) is 8.19. The van der Waals surface area contributed by atoms with E-state index in [2.05, 4.69) is 20.5 Å². The van der Waals surface area contributed by atoms with Gasteiger partial charge in [0.15, 0.2) is 11.8 Å². The lowest BCUT2D eigenvalue weighted by Gasteiger charge is -2.12. The summed E-state index contributed by atoms with van der Waals surface area (Å²) >= 11 is 1.20. The van der Waals surface area contributed by atoms with Crippen LogP contribution in [0, 0.1) is 6.92 Å². The molecule has 0 bridgehead atoms. The fraction of sp³-hybridized carbons (Fsp3) is 0.100.